The van der Waals surface area contributed by atoms with E-state index in [1.807, 2.05) is 0 Å². The van der Waals surface area contributed by atoms with Crippen LogP contribution in [0.2, 0.25) is 5.02 Å². The van der Waals surface area contributed by atoms with Gasteiger partial charge in [-0.1, -0.05) is 29.8 Å². The first-order valence-corrected chi connectivity index (χ1v) is 10.6. The van der Waals surface area contributed by atoms with Gasteiger partial charge in [0, 0.05) is 34.1 Å². The number of nitrogens with one attached hydrogen (secondary N) is 1. The van der Waals surface area contributed by atoms with Crippen molar-refractivity contribution in [3.8, 4) is 23.0 Å². The zero-order valence-electron chi connectivity index (χ0n) is 17.2. The second-order valence-corrected chi connectivity index (χ2v) is 8.21. The fraction of sp³-hybridized carbons (Fsp3) is 0.167. The second kappa shape index (κ2) is 7.31. The standard InChI is InChI=1S/C24H17ClN2O6/c25-17-4-2-1-3-16(17)24(23(29)26-14-5-7-18-20(9-14)32-12-30-18)11-22(28)27(24)15-6-8-19-21(10-15)33-13-31-19/h1-10H,11-13H2,(H,26,29). The number of halogens is 1. The molecule has 3 aromatic carbocycles. The molecule has 9 heteroatoms. The van der Waals surface area contributed by atoms with Crippen molar-refractivity contribution in [2.45, 2.75) is 12.0 Å². The molecule has 8 nitrogen and oxygen atoms in total. The van der Waals surface area contributed by atoms with Gasteiger partial charge in [-0.2, -0.15) is 0 Å². The van der Waals surface area contributed by atoms with Crippen LogP contribution in [0.3, 0.4) is 0 Å². The number of hydrogen-bond donors (Lipinski definition) is 1. The Balaban J connectivity index is 1.43. The third kappa shape index (κ3) is 2.98. The summed E-state index contributed by atoms with van der Waals surface area (Å²) in [5.74, 6) is 1.63. The van der Waals surface area contributed by atoms with Crippen molar-refractivity contribution in [3.05, 3.63) is 71.2 Å². The number of amides is 2. The number of β-lactam (4-membered cyclic amide) rings is 1. The van der Waals surface area contributed by atoms with Crippen LogP contribution in [-0.4, -0.2) is 25.4 Å². The Morgan fingerprint density at radius 3 is 2.27 bits per heavy atom. The largest absolute Gasteiger partial charge is 0.454 e. The van der Waals surface area contributed by atoms with E-state index in [0.717, 1.165) is 0 Å². The third-order valence-corrected chi connectivity index (χ3v) is 6.31. The molecule has 2 amide bonds. The van der Waals surface area contributed by atoms with E-state index in [1.165, 1.54) is 4.90 Å². The van der Waals surface area contributed by atoms with Crippen molar-refractivity contribution in [2.75, 3.05) is 23.8 Å². The Morgan fingerprint density at radius 1 is 0.879 bits per heavy atom. The molecule has 166 valence electrons. The van der Waals surface area contributed by atoms with Crippen LogP contribution >= 0.6 is 11.6 Å². The maximum Gasteiger partial charge on any atom is 0.255 e. The van der Waals surface area contributed by atoms with Crippen molar-refractivity contribution < 1.29 is 28.5 Å². The van der Waals surface area contributed by atoms with Crippen molar-refractivity contribution in [1.29, 1.82) is 0 Å². The van der Waals surface area contributed by atoms with E-state index in [2.05, 4.69) is 5.32 Å². The molecule has 6 rings (SSSR count). The average Bonchev–Trinajstić information content (AvgIpc) is 3.46. The highest BCUT2D eigenvalue weighted by Gasteiger charge is 2.59. The molecule has 0 aromatic heterocycles. The fourth-order valence-electron chi connectivity index (χ4n) is 4.41. The normalized spacial score (nSPS) is 19.9. The monoisotopic (exact) mass is 464 g/mol. The van der Waals surface area contributed by atoms with Gasteiger partial charge in [0.15, 0.2) is 28.5 Å². The summed E-state index contributed by atoms with van der Waals surface area (Å²) in [5.41, 5.74) is 0.207. The summed E-state index contributed by atoms with van der Waals surface area (Å²) in [6, 6.07) is 17.3. The van der Waals surface area contributed by atoms with Gasteiger partial charge in [-0.15, -0.1) is 0 Å². The number of carbonyl (C=O) groups excluding carboxylic acids is 2. The quantitative estimate of drug-likeness (QED) is 0.586. The Hall–Kier alpha value is -3.91. The predicted octanol–water partition coefficient (Wildman–Crippen LogP) is 4.07. The molecule has 3 heterocycles. The van der Waals surface area contributed by atoms with Gasteiger partial charge in [-0.25, -0.2) is 0 Å². The van der Waals surface area contributed by atoms with Crippen molar-refractivity contribution >= 4 is 34.8 Å². The molecule has 0 saturated carbocycles. The van der Waals surface area contributed by atoms with Crippen LogP contribution in [-0.2, 0) is 15.1 Å². The van der Waals surface area contributed by atoms with Crippen LogP contribution < -0.4 is 29.2 Å². The van der Waals surface area contributed by atoms with Crippen LogP contribution in [0.4, 0.5) is 11.4 Å². The summed E-state index contributed by atoms with van der Waals surface area (Å²) < 4.78 is 21.6. The van der Waals surface area contributed by atoms with Gasteiger partial charge in [0.2, 0.25) is 19.5 Å². The number of rotatable bonds is 4. The molecule has 3 aliphatic heterocycles. The Labute approximate surface area is 193 Å². The van der Waals surface area contributed by atoms with Gasteiger partial charge in [0.05, 0.1) is 6.42 Å². The minimum absolute atomic E-state index is 0.0401. The van der Waals surface area contributed by atoms with Crippen LogP contribution in [0.5, 0.6) is 23.0 Å². The number of ether oxygens (including phenoxy) is 4. The fourth-order valence-corrected chi connectivity index (χ4v) is 4.70. The average molecular weight is 465 g/mol. The molecular formula is C24H17ClN2O6. The molecule has 1 N–H and O–H groups in total. The van der Waals surface area contributed by atoms with E-state index in [0.29, 0.717) is 45.0 Å². The molecule has 33 heavy (non-hydrogen) atoms. The smallest absolute Gasteiger partial charge is 0.255 e. The lowest BCUT2D eigenvalue weighted by molar-refractivity contribution is -0.137. The van der Waals surface area contributed by atoms with Crippen molar-refractivity contribution in [3.63, 3.8) is 0 Å². The molecule has 0 spiro atoms. The molecule has 1 saturated heterocycles. The number of hydrogen-bond acceptors (Lipinski definition) is 6. The first kappa shape index (κ1) is 19.8. The zero-order valence-corrected chi connectivity index (χ0v) is 17.9. The van der Waals surface area contributed by atoms with Crippen LogP contribution in [0.15, 0.2) is 60.7 Å². The lowest BCUT2D eigenvalue weighted by atomic mass is 9.76. The number of benzene rings is 3. The molecule has 1 fully saturated rings. The van der Waals surface area contributed by atoms with Gasteiger partial charge in [-0.3, -0.25) is 14.5 Å². The summed E-state index contributed by atoms with van der Waals surface area (Å²) in [6.45, 7) is 0.232. The van der Waals surface area contributed by atoms with E-state index in [4.69, 9.17) is 30.5 Å². The SMILES string of the molecule is O=C1CC(C(=O)Nc2ccc3c(c2)OCO3)(c2ccccc2Cl)N1c1ccc2c(c1)OCO2. The van der Waals surface area contributed by atoms with E-state index in [9.17, 15) is 9.59 Å². The molecule has 3 aliphatic rings. The van der Waals surface area contributed by atoms with Gasteiger partial charge in [0.25, 0.3) is 5.91 Å². The van der Waals surface area contributed by atoms with Gasteiger partial charge in [-0.05, 0) is 30.3 Å². The van der Waals surface area contributed by atoms with Crippen molar-refractivity contribution in [2.24, 2.45) is 0 Å². The maximum atomic E-state index is 13.8. The highest BCUT2D eigenvalue weighted by molar-refractivity contribution is 6.32. The molecule has 1 atom stereocenters. The van der Waals surface area contributed by atoms with Crippen LogP contribution in [0, 0.1) is 0 Å². The summed E-state index contributed by atoms with van der Waals surface area (Å²) in [4.78, 5) is 28.2. The lowest BCUT2D eigenvalue weighted by Gasteiger charge is -2.51. The van der Waals surface area contributed by atoms with Crippen molar-refractivity contribution in [1.82, 2.24) is 0 Å². The van der Waals surface area contributed by atoms with Crippen LogP contribution in [0.25, 0.3) is 0 Å². The minimum Gasteiger partial charge on any atom is -0.454 e. The maximum absolute atomic E-state index is 13.8. The number of anilines is 2. The molecular weight excluding hydrogens is 448 g/mol. The number of carbonyl (C=O) groups is 2. The number of fused-ring (bicyclic) bond motifs is 2. The van der Waals surface area contributed by atoms with E-state index >= 15 is 0 Å². The Kier molecular flexibility index (Phi) is 4.38. The van der Waals surface area contributed by atoms with E-state index < -0.39 is 11.4 Å². The predicted molar refractivity (Wildman–Crippen MR) is 119 cm³/mol. The molecule has 1 unspecified atom stereocenters. The molecule has 0 bridgehead atoms. The molecule has 3 aromatic rings. The van der Waals surface area contributed by atoms with E-state index in [-0.39, 0.29) is 25.9 Å². The van der Waals surface area contributed by atoms with Gasteiger partial charge < -0.3 is 24.3 Å². The minimum atomic E-state index is -1.35. The van der Waals surface area contributed by atoms with E-state index in [1.54, 1.807) is 60.7 Å². The van der Waals surface area contributed by atoms with Crippen LogP contribution in [0.1, 0.15) is 12.0 Å². The zero-order chi connectivity index (χ0) is 22.6. The second-order valence-electron chi connectivity index (χ2n) is 7.81. The highest BCUT2D eigenvalue weighted by Crippen LogP contribution is 2.49. The summed E-state index contributed by atoms with van der Waals surface area (Å²) in [7, 11) is 0. The first-order chi connectivity index (χ1) is 16.1. The van der Waals surface area contributed by atoms with Gasteiger partial charge >= 0.3 is 0 Å². The first-order valence-electron chi connectivity index (χ1n) is 10.2. The Morgan fingerprint density at radius 2 is 1.55 bits per heavy atom. The molecule has 0 radical (unpaired) electrons. The highest BCUT2D eigenvalue weighted by atomic mass is 35.5. The summed E-state index contributed by atoms with van der Waals surface area (Å²) >= 11 is 6.54. The molecule has 0 aliphatic carbocycles. The van der Waals surface area contributed by atoms with Gasteiger partial charge in [0.1, 0.15) is 0 Å². The summed E-state index contributed by atoms with van der Waals surface area (Å²) in [5, 5.41) is 3.32. The summed E-state index contributed by atoms with van der Waals surface area (Å²) in [6.07, 6.45) is -0.0401. The number of nitrogens with zero attached hydrogens (tertiary/aromatic N) is 1. The Bertz CT molecular complexity index is 1310. The lowest BCUT2D eigenvalue weighted by Crippen LogP contribution is -2.67. The topological polar surface area (TPSA) is 86.3 Å². The third-order valence-electron chi connectivity index (χ3n) is 5.98.